The fourth-order valence-electron chi connectivity index (χ4n) is 4.20. The van der Waals surface area contributed by atoms with E-state index in [2.05, 4.69) is 52.8 Å². The van der Waals surface area contributed by atoms with Gasteiger partial charge in [0.25, 0.3) is 5.56 Å². The molecule has 0 spiro atoms. The van der Waals surface area contributed by atoms with E-state index in [9.17, 15) is 9.59 Å². The number of thiazole rings is 1. The van der Waals surface area contributed by atoms with Crippen molar-refractivity contribution >= 4 is 71.2 Å². The summed E-state index contributed by atoms with van der Waals surface area (Å²) in [6.45, 7) is 7.68. The molecule has 1 aliphatic heterocycles. The van der Waals surface area contributed by atoms with E-state index in [1.165, 1.54) is 15.9 Å². The molecule has 2 heterocycles. The van der Waals surface area contributed by atoms with Gasteiger partial charge in [-0.15, -0.1) is 0 Å². The van der Waals surface area contributed by atoms with Gasteiger partial charge in [0.2, 0.25) is 0 Å². The van der Waals surface area contributed by atoms with Crippen LogP contribution in [0.2, 0.25) is 0 Å². The van der Waals surface area contributed by atoms with Crippen molar-refractivity contribution in [1.29, 1.82) is 0 Å². The minimum Gasteiger partial charge on any atom is -0.496 e. The number of methoxy groups -OCH3 is 1. The third-order valence-electron chi connectivity index (χ3n) is 5.68. The standard InChI is InChI=1S/C27H25Br3N2O5S/c1-6-36-24-15(9-17(29)12-19(24)30)10-21-25(33)32-23(18-11-16(28)7-8-20(18)35-5)22(26(34)37-13(2)3)14(4)31-27(32)38-21/h7-13,23H,6H2,1-5H3/b21-10-/t23-/m0/s1. The number of hydrogen-bond acceptors (Lipinski definition) is 7. The van der Waals surface area contributed by atoms with Crippen LogP contribution >= 0.6 is 59.1 Å². The third-order valence-corrected chi connectivity index (χ3v) is 8.21. The minimum absolute atomic E-state index is 0.286. The second-order valence-corrected chi connectivity index (χ2v) is 12.4. The molecule has 1 aliphatic rings. The monoisotopic (exact) mass is 726 g/mol. The predicted molar refractivity (Wildman–Crippen MR) is 159 cm³/mol. The Balaban J connectivity index is 2.03. The summed E-state index contributed by atoms with van der Waals surface area (Å²) < 4.78 is 21.5. The van der Waals surface area contributed by atoms with Crippen molar-refractivity contribution in [2.45, 2.75) is 39.8 Å². The van der Waals surface area contributed by atoms with Crippen molar-refractivity contribution in [1.82, 2.24) is 4.57 Å². The summed E-state index contributed by atoms with van der Waals surface area (Å²) in [7, 11) is 1.56. The van der Waals surface area contributed by atoms with Crippen LogP contribution in [0.15, 0.2) is 64.8 Å². The molecule has 11 heteroatoms. The first-order chi connectivity index (χ1) is 18.0. The molecule has 0 radical (unpaired) electrons. The number of benzene rings is 2. The highest BCUT2D eigenvalue weighted by atomic mass is 79.9. The minimum atomic E-state index is -0.798. The maximum atomic E-state index is 14.0. The molecule has 2 aromatic carbocycles. The quantitative estimate of drug-likeness (QED) is 0.284. The Morgan fingerprint density at radius 3 is 2.58 bits per heavy atom. The van der Waals surface area contributed by atoms with Gasteiger partial charge in [0, 0.05) is 20.1 Å². The van der Waals surface area contributed by atoms with Gasteiger partial charge in [-0.2, -0.15) is 0 Å². The molecule has 200 valence electrons. The highest BCUT2D eigenvalue weighted by molar-refractivity contribution is 9.11. The SMILES string of the molecule is CCOc1c(Br)cc(Br)cc1/C=c1\sc2n(c1=O)[C@@H](c1cc(Br)ccc1OC)C(C(=O)OC(C)C)=C(C)N=2. The summed E-state index contributed by atoms with van der Waals surface area (Å²) in [5, 5.41) is 0. The van der Waals surface area contributed by atoms with Crippen LogP contribution in [0, 0.1) is 0 Å². The smallest absolute Gasteiger partial charge is 0.338 e. The molecule has 4 rings (SSSR count). The number of carbonyl (C=O) groups is 1. The predicted octanol–water partition coefficient (Wildman–Crippen LogP) is 5.88. The second kappa shape index (κ2) is 11.9. The Morgan fingerprint density at radius 2 is 1.92 bits per heavy atom. The van der Waals surface area contributed by atoms with Crippen LogP contribution in [-0.4, -0.2) is 30.4 Å². The molecular weight excluding hydrogens is 704 g/mol. The van der Waals surface area contributed by atoms with E-state index in [-0.39, 0.29) is 17.2 Å². The first kappa shape index (κ1) is 28.8. The van der Waals surface area contributed by atoms with E-state index in [0.717, 1.165) is 19.0 Å². The van der Waals surface area contributed by atoms with Gasteiger partial charge in [-0.3, -0.25) is 9.36 Å². The lowest BCUT2D eigenvalue weighted by molar-refractivity contribution is -0.143. The topological polar surface area (TPSA) is 79.1 Å². The number of hydrogen-bond donors (Lipinski definition) is 0. The second-order valence-electron chi connectivity index (χ2n) is 8.66. The van der Waals surface area contributed by atoms with E-state index in [4.69, 9.17) is 14.2 Å². The van der Waals surface area contributed by atoms with E-state index < -0.39 is 12.0 Å². The summed E-state index contributed by atoms with van der Waals surface area (Å²) in [6, 6.07) is 8.46. The summed E-state index contributed by atoms with van der Waals surface area (Å²) in [6.07, 6.45) is 1.44. The van der Waals surface area contributed by atoms with Crippen molar-refractivity contribution in [3.63, 3.8) is 0 Å². The molecular formula is C27H25Br3N2O5S. The average molecular weight is 729 g/mol. The van der Waals surface area contributed by atoms with E-state index in [1.807, 2.05) is 31.2 Å². The fourth-order valence-corrected chi connectivity index (χ4v) is 6.99. The number of fused-ring (bicyclic) bond motifs is 1. The fraction of sp³-hybridized carbons (Fsp3) is 0.296. The summed E-state index contributed by atoms with van der Waals surface area (Å²) in [4.78, 5) is 32.5. The molecule has 7 nitrogen and oxygen atoms in total. The lowest BCUT2D eigenvalue weighted by Crippen LogP contribution is -2.40. The molecule has 0 saturated carbocycles. The summed E-state index contributed by atoms with van der Waals surface area (Å²) >= 11 is 11.8. The first-order valence-electron chi connectivity index (χ1n) is 11.7. The molecule has 0 fully saturated rings. The number of ether oxygens (including phenoxy) is 3. The van der Waals surface area contributed by atoms with Crippen LogP contribution in [0.1, 0.15) is 44.9 Å². The van der Waals surface area contributed by atoms with E-state index in [1.54, 1.807) is 40.0 Å². The summed E-state index contributed by atoms with van der Waals surface area (Å²) in [5.74, 6) is 0.633. The van der Waals surface area contributed by atoms with Gasteiger partial charge in [-0.1, -0.05) is 43.2 Å². The van der Waals surface area contributed by atoms with Gasteiger partial charge in [0.05, 0.1) is 40.1 Å². The van der Waals surface area contributed by atoms with Crippen LogP contribution in [0.25, 0.3) is 6.08 Å². The van der Waals surface area contributed by atoms with Gasteiger partial charge in [0.1, 0.15) is 17.5 Å². The zero-order valence-corrected chi connectivity index (χ0v) is 26.9. The first-order valence-corrected chi connectivity index (χ1v) is 14.9. The molecule has 0 N–H and O–H groups in total. The molecule has 0 amide bonds. The van der Waals surface area contributed by atoms with Crippen LogP contribution < -0.4 is 24.4 Å². The molecule has 0 aliphatic carbocycles. The van der Waals surface area contributed by atoms with Crippen molar-refractivity contribution in [2.75, 3.05) is 13.7 Å². The van der Waals surface area contributed by atoms with Crippen molar-refractivity contribution in [3.05, 3.63) is 85.8 Å². The van der Waals surface area contributed by atoms with Crippen molar-refractivity contribution in [3.8, 4) is 11.5 Å². The zero-order chi connectivity index (χ0) is 27.7. The number of halogens is 3. The number of carbonyl (C=O) groups excluding carboxylic acids is 1. The molecule has 1 atom stereocenters. The van der Waals surface area contributed by atoms with Gasteiger partial charge in [-0.25, -0.2) is 9.79 Å². The van der Waals surface area contributed by atoms with Crippen LogP contribution in [-0.2, 0) is 9.53 Å². The highest BCUT2D eigenvalue weighted by Crippen LogP contribution is 2.38. The van der Waals surface area contributed by atoms with Crippen molar-refractivity contribution in [2.24, 2.45) is 4.99 Å². The Kier molecular flexibility index (Phi) is 9.01. The highest BCUT2D eigenvalue weighted by Gasteiger charge is 2.35. The van der Waals surface area contributed by atoms with Crippen LogP contribution in [0.3, 0.4) is 0 Å². The number of rotatable bonds is 7. The van der Waals surface area contributed by atoms with Gasteiger partial charge in [0.15, 0.2) is 4.80 Å². The molecule has 1 aromatic heterocycles. The van der Waals surface area contributed by atoms with Crippen molar-refractivity contribution < 1.29 is 19.0 Å². The zero-order valence-electron chi connectivity index (χ0n) is 21.3. The molecule has 38 heavy (non-hydrogen) atoms. The lowest BCUT2D eigenvalue weighted by atomic mass is 9.95. The molecule has 0 saturated heterocycles. The Morgan fingerprint density at radius 1 is 1.18 bits per heavy atom. The van der Waals surface area contributed by atoms with Crippen LogP contribution in [0.4, 0.5) is 0 Å². The average Bonchev–Trinajstić information content (AvgIpc) is 3.14. The summed E-state index contributed by atoms with van der Waals surface area (Å²) in [5.41, 5.74) is 1.84. The third kappa shape index (κ3) is 5.71. The van der Waals surface area contributed by atoms with E-state index in [0.29, 0.717) is 38.7 Å². The number of nitrogens with zero attached hydrogens (tertiary/aromatic N) is 2. The Hall–Kier alpha value is -2.21. The maximum absolute atomic E-state index is 14.0. The maximum Gasteiger partial charge on any atom is 0.338 e. The lowest BCUT2D eigenvalue weighted by Gasteiger charge is -2.26. The van der Waals surface area contributed by atoms with Gasteiger partial charge < -0.3 is 14.2 Å². The molecule has 0 bridgehead atoms. The van der Waals surface area contributed by atoms with Crippen LogP contribution in [0.5, 0.6) is 11.5 Å². The number of aromatic nitrogens is 1. The van der Waals surface area contributed by atoms with Gasteiger partial charge >= 0.3 is 5.97 Å². The normalized spacial score (nSPS) is 15.4. The Labute approximate surface area is 249 Å². The Bertz CT molecular complexity index is 1620. The van der Waals surface area contributed by atoms with E-state index >= 15 is 0 Å². The molecule has 3 aromatic rings. The number of esters is 1. The number of allylic oxidation sites excluding steroid dienone is 1. The van der Waals surface area contributed by atoms with Gasteiger partial charge in [-0.05, 0) is 80.0 Å². The molecule has 0 unspecified atom stereocenters. The largest absolute Gasteiger partial charge is 0.496 e.